The molecule has 0 aliphatic heterocycles. The number of halogens is 3. The Morgan fingerprint density at radius 2 is 2.11 bits per heavy atom. The number of aromatic nitrogens is 2. The van der Waals surface area contributed by atoms with E-state index in [0.717, 1.165) is 0 Å². The van der Waals surface area contributed by atoms with E-state index in [9.17, 15) is 18.0 Å². The predicted molar refractivity (Wildman–Crippen MR) is 57.2 cm³/mol. The van der Waals surface area contributed by atoms with Gasteiger partial charge in [0.1, 0.15) is 5.82 Å². The van der Waals surface area contributed by atoms with Crippen molar-refractivity contribution in [3.63, 3.8) is 0 Å². The Bertz CT molecular complexity index is 392. The minimum atomic E-state index is -4.15. The lowest BCUT2D eigenvalue weighted by molar-refractivity contribution is -0.134. The van der Waals surface area contributed by atoms with E-state index in [1.54, 1.807) is 0 Å². The molecule has 0 atom stereocenters. The molecule has 0 fully saturated rings. The van der Waals surface area contributed by atoms with Crippen LogP contribution in [0.15, 0.2) is 12.4 Å². The third kappa shape index (κ3) is 4.98. The lowest BCUT2D eigenvalue weighted by Gasteiger charge is -2.07. The molecular formula is C10H12F3N3O2. The molecule has 100 valence electrons. The maximum atomic E-state index is 11.9. The Kier molecular flexibility index (Phi) is 4.87. The van der Waals surface area contributed by atoms with E-state index in [0.29, 0.717) is 5.82 Å². The lowest BCUT2D eigenvalue weighted by Crippen LogP contribution is -2.12. The maximum absolute atomic E-state index is 11.9. The van der Waals surface area contributed by atoms with E-state index in [-0.39, 0.29) is 18.7 Å². The van der Waals surface area contributed by atoms with Crippen LogP contribution in [0.3, 0.4) is 0 Å². The second-order valence-corrected chi connectivity index (χ2v) is 3.42. The van der Waals surface area contributed by atoms with E-state index >= 15 is 0 Å². The molecule has 0 aromatic carbocycles. The van der Waals surface area contributed by atoms with Crippen molar-refractivity contribution in [2.45, 2.75) is 19.0 Å². The Morgan fingerprint density at radius 3 is 2.61 bits per heavy atom. The molecule has 0 saturated carbocycles. The number of alkyl halides is 3. The summed E-state index contributed by atoms with van der Waals surface area (Å²) in [5.74, 6) is -0.309. The number of carbonyl (C=O) groups is 1. The molecule has 0 bridgehead atoms. The van der Waals surface area contributed by atoms with Crippen molar-refractivity contribution < 1.29 is 22.7 Å². The first-order chi connectivity index (χ1) is 8.42. The topological polar surface area (TPSA) is 64.1 Å². The molecule has 0 aliphatic rings. The predicted octanol–water partition coefficient (Wildman–Crippen LogP) is 2.02. The number of nitrogens with zero attached hydrogens (tertiary/aromatic N) is 2. The van der Waals surface area contributed by atoms with Crippen molar-refractivity contribution in [3.8, 4) is 0 Å². The average Bonchev–Trinajstić information content (AvgIpc) is 2.33. The van der Waals surface area contributed by atoms with Gasteiger partial charge in [-0.2, -0.15) is 13.2 Å². The summed E-state index contributed by atoms with van der Waals surface area (Å²) in [6.45, 7) is 0.131. The summed E-state index contributed by atoms with van der Waals surface area (Å²) in [6.07, 6.45) is -2.60. The first-order valence-electron chi connectivity index (χ1n) is 5.13. The van der Waals surface area contributed by atoms with Gasteiger partial charge < -0.3 is 10.1 Å². The van der Waals surface area contributed by atoms with E-state index in [4.69, 9.17) is 0 Å². The number of nitrogens with one attached hydrogen (secondary N) is 1. The van der Waals surface area contributed by atoms with Gasteiger partial charge in [-0.1, -0.05) is 0 Å². The second kappa shape index (κ2) is 6.18. The number of esters is 1. The molecule has 8 heteroatoms. The molecule has 1 aromatic heterocycles. The first-order valence-corrected chi connectivity index (χ1v) is 5.13. The number of methoxy groups -OCH3 is 1. The Hall–Kier alpha value is -1.86. The number of anilines is 1. The molecule has 0 aliphatic carbocycles. The molecule has 5 nitrogen and oxygen atoms in total. The van der Waals surface area contributed by atoms with E-state index in [1.807, 2.05) is 0 Å². The summed E-state index contributed by atoms with van der Waals surface area (Å²) in [5.41, 5.74) is 0.0401. The fourth-order valence-electron chi connectivity index (χ4n) is 1.13. The summed E-state index contributed by atoms with van der Waals surface area (Å²) < 4.78 is 40.0. The Labute approximate surface area is 101 Å². The van der Waals surface area contributed by atoms with Gasteiger partial charge in [0.25, 0.3) is 0 Å². The monoisotopic (exact) mass is 263 g/mol. The van der Waals surface area contributed by atoms with Crippen molar-refractivity contribution in [2.75, 3.05) is 19.0 Å². The fraction of sp³-hybridized carbons (Fsp3) is 0.500. The smallest absolute Gasteiger partial charge is 0.389 e. The lowest BCUT2D eigenvalue weighted by atomic mass is 10.3. The average molecular weight is 263 g/mol. The van der Waals surface area contributed by atoms with Crippen LogP contribution in [0, 0.1) is 0 Å². The molecule has 0 saturated heterocycles. The minimum Gasteiger partial charge on any atom is -0.464 e. The van der Waals surface area contributed by atoms with Crippen LogP contribution < -0.4 is 5.32 Å². The molecule has 0 unspecified atom stereocenters. The highest BCUT2D eigenvalue weighted by molar-refractivity contribution is 5.86. The third-order valence-electron chi connectivity index (χ3n) is 1.99. The number of ether oxygens (including phenoxy) is 1. The van der Waals surface area contributed by atoms with Crippen LogP contribution in [0.4, 0.5) is 19.0 Å². The number of rotatable bonds is 5. The minimum absolute atomic E-state index is 0.0401. The summed E-state index contributed by atoms with van der Waals surface area (Å²) in [4.78, 5) is 18.6. The first kappa shape index (κ1) is 14.2. The Balaban J connectivity index is 2.38. The van der Waals surface area contributed by atoms with Crippen LogP contribution in [-0.4, -0.2) is 35.8 Å². The van der Waals surface area contributed by atoms with Crippen LogP contribution in [0.25, 0.3) is 0 Å². The summed E-state index contributed by atoms with van der Waals surface area (Å²) in [7, 11) is 1.22. The van der Waals surface area contributed by atoms with Crippen LogP contribution in [0.5, 0.6) is 0 Å². The SMILES string of the molecule is COC(=O)c1cnc(NCCCC(F)(F)F)cn1. The van der Waals surface area contributed by atoms with Crippen molar-refractivity contribution in [3.05, 3.63) is 18.1 Å². The molecule has 18 heavy (non-hydrogen) atoms. The van der Waals surface area contributed by atoms with Gasteiger partial charge in [0.2, 0.25) is 0 Å². The zero-order valence-electron chi connectivity index (χ0n) is 9.62. The van der Waals surface area contributed by atoms with Crippen LogP contribution in [0.2, 0.25) is 0 Å². The molecule has 1 N–H and O–H groups in total. The van der Waals surface area contributed by atoms with Crippen LogP contribution in [-0.2, 0) is 4.74 Å². The van der Waals surface area contributed by atoms with Crippen molar-refractivity contribution in [2.24, 2.45) is 0 Å². The van der Waals surface area contributed by atoms with E-state index in [1.165, 1.54) is 19.5 Å². The van der Waals surface area contributed by atoms with E-state index < -0.39 is 18.6 Å². The fourth-order valence-corrected chi connectivity index (χ4v) is 1.13. The van der Waals surface area contributed by atoms with Crippen molar-refractivity contribution in [1.29, 1.82) is 0 Å². The molecule has 1 rings (SSSR count). The molecule has 0 amide bonds. The molecule has 0 spiro atoms. The largest absolute Gasteiger partial charge is 0.464 e. The highest BCUT2D eigenvalue weighted by Crippen LogP contribution is 2.21. The van der Waals surface area contributed by atoms with Gasteiger partial charge >= 0.3 is 12.1 Å². The van der Waals surface area contributed by atoms with Gasteiger partial charge in [-0.05, 0) is 6.42 Å². The quantitative estimate of drug-likeness (QED) is 0.650. The zero-order valence-corrected chi connectivity index (χ0v) is 9.62. The standard InChI is InChI=1S/C10H12F3N3O2/c1-18-9(17)7-5-16-8(6-15-7)14-4-2-3-10(11,12)13/h5-6H,2-4H2,1H3,(H,14,16). The van der Waals surface area contributed by atoms with Crippen molar-refractivity contribution in [1.82, 2.24) is 9.97 Å². The summed E-state index contributed by atoms with van der Waals surface area (Å²) in [6, 6.07) is 0. The maximum Gasteiger partial charge on any atom is 0.389 e. The van der Waals surface area contributed by atoms with Gasteiger partial charge in [-0.25, -0.2) is 14.8 Å². The zero-order chi connectivity index (χ0) is 13.6. The Morgan fingerprint density at radius 1 is 1.39 bits per heavy atom. The highest BCUT2D eigenvalue weighted by Gasteiger charge is 2.25. The third-order valence-corrected chi connectivity index (χ3v) is 1.99. The van der Waals surface area contributed by atoms with Gasteiger partial charge in [-0.15, -0.1) is 0 Å². The normalized spacial score (nSPS) is 11.1. The molecule has 0 radical (unpaired) electrons. The van der Waals surface area contributed by atoms with Crippen molar-refractivity contribution >= 4 is 11.8 Å². The summed E-state index contributed by atoms with van der Waals surface area (Å²) in [5, 5.41) is 2.68. The number of hydrogen-bond donors (Lipinski definition) is 1. The van der Waals surface area contributed by atoms with Gasteiger partial charge in [-0.3, -0.25) is 0 Å². The van der Waals surface area contributed by atoms with Crippen LogP contribution >= 0.6 is 0 Å². The molecular weight excluding hydrogens is 251 g/mol. The van der Waals surface area contributed by atoms with E-state index in [2.05, 4.69) is 20.0 Å². The van der Waals surface area contributed by atoms with Gasteiger partial charge in [0.15, 0.2) is 5.69 Å². The van der Waals surface area contributed by atoms with Gasteiger partial charge in [0, 0.05) is 13.0 Å². The van der Waals surface area contributed by atoms with Crippen LogP contribution in [0.1, 0.15) is 23.3 Å². The molecule has 1 heterocycles. The number of hydrogen-bond acceptors (Lipinski definition) is 5. The number of carbonyl (C=O) groups excluding carboxylic acids is 1. The highest BCUT2D eigenvalue weighted by atomic mass is 19.4. The van der Waals surface area contributed by atoms with Gasteiger partial charge in [0.05, 0.1) is 19.5 Å². The summed E-state index contributed by atoms with van der Waals surface area (Å²) >= 11 is 0. The second-order valence-electron chi connectivity index (χ2n) is 3.42. The molecule has 1 aromatic rings.